The summed E-state index contributed by atoms with van der Waals surface area (Å²) in [4.78, 5) is 0. The Morgan fingerprint density at radius 1 is 1.08 bits per heavy atom. The van der Waals surface area contributed by atoms with Crippen LogP contribution in [0.5, 0.6) is 11.5 Å². The monoisotopic (exact) mass is 169 g/mol. The van der Waals surface area contributed by atoms with Crippen LogP contribution in [0.25, 0.3) is 0 Å². The molecule has 0 unspecified atom stereocenters. The van der Waals surface area contributed by atoms with Crippen LogP contribution in [0.3, 0.4) is 0 Å². The van der Waals surface area contributed by atoms with E-state index in [1.54, 1.807) is 19.1 Å². The van der Waals surface area contributed by atoms with Gasteiger partial charge in [-0.05, 0) is 37.0 Å². The fourth-order valence-corrected chi connectivity index (χ4v) is 1.06. The van der Waals surface area contributed by atoms with Crippen LogP contribution in [0, 0.1) is 13.8 Å². The minimum absolute atomic E-state index is 0.212. The van der Waals surface area contributed by atoms with Crippen molar-refractivity contribution in [2.24, 2.45) is 0 Å². The number of ether oxygens (including phenoxy) is 2. The summed E-state index contributed by atoms with van der Waals surface area (Å²) in [5, 5.41) is 0. The average molecular weight is 169 g/mol. The second-order valence-corrected chi connectivity index (χ2v) is 2.47. The van der Waals surface area contributed by atoms with Gasteiger partial charge >= 0.3 is 0 Å². The van der Waals surface area contributed by atoms with Gasteiger partial charge in [0.05, 0.1) is 14.2 Å². The molecule has 0 atom stereocenters. The highest BCUT2D eigenvalue weighted by molar-refractivity contribution is 5.46. The van der Waals surface area contributed by atoms with E-state index in [0.29, 0.717) is 17.1 Å². The minimum atomic E-state index is -2.19. The first-order chi connectivity index (χ1) is 6.91. The van der Waals surface area contributed by atoms with Crippen molar-refractivity contribution in [2.75, 3.05) is 14.2 Å². The minimum Gasteiger partial charge on any atom is -0.496 e. The molecular formula is C10H14O2. The lowest BCUT2D eigenvalue weighted by molar-refractivity contribution is 0.398. The third kappa shape index (κ3) is 1.37. The molecule has 12 heavy (non-hydrogen) atoms. The van der Waals surface area contributed by atoms with E-state index in [0.717, 1.165) is 0 Å². The largest absolute Gasteiger partial charge is 0.496 e. The zero-order valence-corrected chi connectivity index (χ0v) is 7.47. The molecule has 2 heteroatoms. The smallest absolute Gasteiger partial charge is 0.122 e. The van der Waals surface area contributed by atoms with Crippen molar-refractivity contribution >= 4 is 0 Å². The van der Waals surface area contributed by atoms with Crippen molar-refractivity contribution in [2.45, 2.75) is 13.8 Å². The molecule has 0 aliphatic carbocycles. The summed E-state index contributed by atoms with van der Waals surface area (Å²) in [5.41, 5.74) is 0.807. The van der Waals surface area contributed by atoms with Crippen LogP contribution in [0.1, 0.15) is 15.2 Å². The van der Waals surface area contributed by atoms with E-state index in [-0.39, 0.29) is 5.56 Å². The molecule has 66 valence electrons. The van der Waals surface area contributed by atoms with Crippen LogP contribution >= 0.6 is 0 Å². The summed E-state index contributed by atoms with van der Waals surface area (Å²) in [7, 11) is 2.97. The van der Waals surface area contributed by atoms with Crippen LogP contribution in [0.15, 0.2) is 12.1 Å². The Bertz CT molecular complexity index is 358. The van der Waals surface area contributed by atoms with Gasteiger partial charge in [-0.25, -0.2) is 0 Å². The summed E-state index contributed by atoms with van der Waals surface area (Å²) in [6, 6.07) is 3.30. The molecule has 1 rings (SSSR count). The first-order valence-corrected chi connectivity index (χ1v) is 3.64. The highest BCUT2D eigenvalue weighted by atomic mass is 16.5. The van der Waals surface area contributed by atoms with Crippen LogP contribution in [0.4, 0.5) is 0 Å². The maximum Gasteiger partial charge on any atom is 0.122 e. The van der Waals surface area contributed by atoms with Gasteiger partial charge in [0.1, 0.15) is 11.5 Å². The Labute approximate surface area is 77.3 Å². The Morgan fingerprint density at radius 3 is 2.00 bits per heavy atom. The molecule has 0 aliphatic heterocycles. The SMILES string of the molecule is [2H]C([2H])([2H])c1c(OC)ccc(OC)c1C. The lowest BCUT2D eigenvalue weighted by Crippen LogP contribution is -1.93. The predicted molar refractivity (Wildman–Crippen MR) is 49.0 cm³/mol. The Morgan fingerprint density at radius 2 is 1.58 bits per heavy atom. The second-order valence-electron chi connectivity index (χ2n) is 2.47. The van der Waals surface area contributed by atoms with Crippen LogP contribution < -0.4 is 9.47 Å². The van der Waals surface area contributed by atoms with E-state index in [4.69, 9.17) is 13.6 Å². The highest BCUT2D eigenvalue weighted by Gasteiger charge is 2.05. The average Bonchev–Trinajstić information content (AvgIpc) is 2.15. The topological polar surface area (TPSA) is 18.5 Å². The summed E-state index contributed by atoms with van der Waals surface area (Å²) >= 11 is 0. The molecule has 0 saturated carbocycles. The zero-order chi connectivity index (χ0) is 11.6. The van der Waals surface area contributed by atoms with Crippen LogP contribution in [-0.4, -0.2) is 14.2 Å². The Kier molecular flexibility index (Phi) is 1.58. The first-order valence-electron chi connectivity index (χ1n) is 5.14. The van der Waals surface area contributed by atoms with Crippen molar-refractivity contribution < 1.29 is 13.6 Å². The molecule has 0 N–H and O–H groups in total. The van der Waals surface area contributed by atoms with E-state index in [2.05, 4.69) is 0 Å². The quantitative estimate of drug-likeness (QED) is 0.676. The molecular weight excluding hydrogens is 152 g/mol. The molecule has 0 amide bonds. The lowest BCUT2D eigenvalue weighted by Gasteiger charge is -2.10. The fraction of sp³-hybridized carbons (Fsp3) is 0.400. The summed E-state index contributed by atoms with van der Waals surface area (Å²) in [5.74, 6) is 0.926. The van der Waals surface area contributed by atoms with Gasteiger partial charge in [0.2, 0.25) is 0 Å². The third-order valence-electron chi connectivity index (χ3n) is 1.82. The number of benzene rings is 1. The molecule has 1 aromatic carbocycles. The third-order valence-corrected chi connectivity index (χ3v) is 1.82. The molecule has 0 saturated heterocycles. The first kappa shape index (κ1) is 5.46. The standard InChI is InChI=1S/C10H14O2/c1-7-8(2)10(12-4)6-5-9(7)11-3/h5-6H,1-4H3/i1D3. The van der Waals surface area contributed by atoms with Crippen LogP contribution in [0.2, 0.25) is 0 Å². The lowest BCUT2D eigenvalue weighted by atomic mass is 10.1. The van der Waals surface area contributed by atoms with Gasteiger partial charge < -0.3 is 9.47 Å². The maximum absolute atomic E-state index is 7.43. The van der Waals surface area contributed by atoms with Crippen LogP contribution in [-0.2, 0) is 0 Å². The number of hydrogen-bond acceptors (Lipinski definition) is 2. The number of rotatable bonds is 2. The number of hydrogen-bond donors (Lipinski definition) is 0. The van der Waals surface area contributed by atoms with Gasteiger partial charge in [0.25, 0.3) is 0 Å². The summed E-state index contributed by atoms with van der Waals surface area (Å²) in [6.45, 7) is -0.479. The Balaban J connectivity index is 3.43. The molecule has 0 fully saturated rings. The van der Waals surface area contributed by atoms with E-state index in [9.17, 15) is 0 Å². The van der Waals surface area contributed by atoms with Crippen molar-refractivity contribution in [3.8, 4) is 11.5 Å². The summed E-state index contributed by atoms with van der Waals surface area (Å²) < 4.78 is 32.4. The van der Waals surface area contributed by atoms with E-state index >= 15 is 0 Å². The van der Waals surface area contributed by atoms with Gasteiger partial charge in [-0.3, -0.25) is 0 Å². The number of methoxy groups -OCH3 is 2. The summed E-state index contributed by atoms with van der Waals surface area (Å²) in [6.07, 6.45) is 0. The Hall–Kier alpha value is -1.18. The van der Waals surface area contributed by atoms with Crippen molar-refractivity contribution in [3.63, 3.8) is 0 Å². The normalized spacial score (nSPS) is 14.4. The maximum atomic E-state index is 7.43. The molecule has 0 spiro atoms. The molecule has 0 aromatic heterocycles. The fourth-order valence-electron chi connectivity index (χ4n) is 1.06. The van der Waals surface area contributed by atoms with E-state index in [1.807, 2.05) is 0 Å². The van der Waals surface area contributed by atoms with E-state index in [1.165, 1.54) is 14.2 Å². The highest BCUT2D eigenvalue weighted by Crippen LogP contribution is 2.28. The molecule has 1 aromatic rings. The van der Waals surface area contributed by atoms with Crippen molar-refractivity contribution in [3.05, 3.63) is 23.3 Å². The molecule has 2 nitrogen and oxygen atoms in total. The molecule has 0 aliphatic rings. The van der Waals surface area contributed by atoms with Crippen molar-refractivity contribution in [1.82, 2.24) is 0 Å². The van der Waals surface area contributed by atoms with Gasteiger partial charge in [-0.2, -0.15) is 0 Å². The molecule has 0 radical (unpaired) electrons. The van der Waals surface area contributed by atoms with E-state index < -0.39 is 6.85 Å². The second kappa shape index (κ2) is 3.48. The van der Waals surface area contributed by atoms with Gasteiger partial charge in [-0.1, -0.05) is 0 Å². The van der Waals surface area contributed by atoms with Crippen molar-refractivity contribution in [1.29, 1.82) is 0 Å². The molecule has 0 heterocycles. The zero-order valence-electron chi connectivity index (χ0n) is 10.5. The van der Waals surface area contributed by atoms with Gasteiger partial charge in [-0.15, -0.1) is 0 Å². The van der Waals surface area contributed by atoms with Gasteiger partial charge in [0.15, 0.2) is 0 Å². The van der Waals surface area contributed by atoms with Gasteiger partial charge in [0, 0.05) is 4.11 Å². The molecule has 0 bridgehead atoms. The predicted octanol–water partition coefficient (Wildman–Crippen LogP) is 2.32.